The van der Waals surface area contributed by atoms with E-state index in [0.717, 1.165) is 23.4 Å². The average Bonchev–Trinajstić information content (AvgIpc) is 3.52. The van der Waals surface area contributed by atoms with Gasteiger partial charge in [0, 0.05) is 35.7 Å². The largest absolute Gasteiger partial charge is 0.467 e. The highest BCUT2D eigenvalue weighted by Gasteiger charge is 2.18. The van der Waals surface area contributed by atoms with Gasteiger partial charge in [-0.05, 0) is 30.3 Å². The Labute approximate surface area is 196 Å². The Bertz CT molecular complexity index is 1310. The van der Waals surface area contributed by atoms with Crippen molar-refractivity contribution in [3.8, 4) is 11.4 Å². The first-order chi connectivity index (χ1) is 16.5. The number of benzene rings is 1. The number of hydrogen-bond donors (Lipinski definition) is 2. The van der Waals surface area contributed by atoms with Gasteiger partial charge in [-0.1, -0.05) is 17.8 Å². The minimum atomic E-state index is -0.679. The van der Waals surface area contributed by atoms with E-state index in [1.165, 1.54) is 18.2 Å². The highest BCUT2D eigenvalue weighted by atomic mass is 32.2. The van der Waals surface area contributed by atoms with Crippen LogP contribution in [0.4, 0.5) is 5.69 Å². The van der Waals surface area contributed by atoms with E-state index in [-0.39, 0.29) is 17.0 Å². The van der Waals surface area contributed by atoms with Gasteiger partial charge >= 0.3 is 0 Å². The van der Waals surface area contributed by atoms with Crippen molar-refractivity contribution in [3.63, 3.8) is 0 Å². The number of pyridine rings is 1. The van der Waals surface area contributed by atoms with Gasteiger partial charge in [0.2, 0.25) is 5.91 Å². The van der Waals surface area contributed by atoms with Gasteiger partial charge in [-0.15, -0.1) is 10.2 Å². The topological polar surface area (TPSA) is 158 Å². The first-order valence-electron chi connectivity index (χ1n) is 9.83. The summed E-state index contributed by atoms with van der Waals surface area (Å²) in [5, 5.41) is 19.8. The van der Waals surface area contributed by atoms with Crippen molar-refractivity contribution in [1.82, 2.24) is 30.6 Å². The number of amides is 2. The lowest BCUT2D eigenvalue weighted by molar-refractivity contribution is -0.384. The van der Waals surface area contributed by atoms with Crippen molar-refractivity contribution in [3.05, 3.63) is 88.6 Å². The van der Waals surface area contributed by atoms with Crippen LogP contribution in [0.2, 0.25) is 0 Å². The average molecular weight is 479 g/mol. The SMILES string of the molecule is O=C(CSc1nnc(-c2cccnc2)n1Cc1ccco1)NNC(=O)c1cccc([N+](=O)[O-])c1. The molecule has 0 fully saturated rings. The van der Waals surface area contributed by atoms with Crippen LogP contribution in [-0.4, -0.2) is 42.2 Å². The van der Waals surface area contributed by atoms with Gasteiger partial charge in [0.1, 0.15) is 5.76 Å². The van der Waals surface area contributed by atoms with E-state index < -0.39 is 16.7 Å². The van der Waals surface area contributed by atoms with E-state index in [1.807, 2.05) is 12.1 Å². The molecular formula is C21H17N7O5S. The summed E-state index contributed by atoms with van der Waals surface area (Å²) >= 11 is 1.12. The number of carbonyl (C=O) groups is 2. The Morgan fingerprint density at radius 3 is 2.74 bits per heavy atom. The molecule has 0 saturated heterocycles. The van der Waals surface area contributed by atoms with Crippen LogP contribution in [0.1, 0.15) is 16.1 Å². The molecule has 12 nitrogen and oxygen atoms in total. The van der Waals surface area contributed by atoms with Crippen molar-refractivity contribution in [2.75, 3.05) is 5.75 Å². The van der Waals surface area contributed by atoms with Crippen LogP contribution in [0.5, 0.6) is 0 Å². The number of aromatic nitrogens is 4. The van der Waals surface area contributed by atoms with Crippen LogP contribution in [0, 0.1) is 10.1 Å². The molecule has 0 bridgehead atoms. The van der Waals surface area contributed by atoms with Crippen LogP contribution < -0.4 is 10.9 Å². The molecule has 0 aliphatic heterocycles. The number of nitro groups is 1. The predicted molar refractivity (Wildman–Crippen MR) is 120 cm³/mol. The quantitative estimate of drug-likeness (QED) is 0.220. The molecule has 34 heavy (non-hydrogen) atoms. The highest BCUT2D eigenvalue weighted by molar-refractivity contribution is 7.99. The third-order valence-electron chi connectivity index (χ3n) is 4.50. The zero-order valence-electron chi connectivity index (χ0n) is 17.5. The maximum absolute atomic E-state index is 12.3. The van der Waals surface area contributed by atoms with Crippen LogP contribution >= 0.6 is 11.8 Å². The van der Waals surface area contributed by atoms with Crippen molar-refractivity contribution in [1.29, 1.82) is 0 Å². The monoisotopic (exact) mass is 479 g/mol. The fraction of sp³-hybridized carbons (Fsp3) is 0.0952. The number of thioether (sulfide) groups is 1. The summed E-state index contributed by atoms with van der Waals surface area (Å²) in [5.74, 6) is -0.00792. The molecule has 0 radical (unpaired) electrons. The first-order valence-corrected chi connectivity index (χ1v) is 10.8. The van der Waals surface area contributed by atoms with Crippen LogP contribution in [0.15, 0.2) is 76.8 Å². The molecule has 3 heterocycles. The third kappa shape index (κ3) is 5.45. The maximum atomic E-state index is 12.3. The number of hydrogen-bond acceptors (Lipinski definition) is 9. The van der Waals surface area contributed by atoms with Crippen molar-refractivity contribution in [2.24, 2.45) is 0 Å². The van der Waals surface area contributed by atoms with Gasteiger partial charge in [0.15, 0.2) is 11.0 Å². The third-order valence-corrected chi connectivity index (χ3v) is 5.46. The number of nitrogens with zero attached hydrogens (tertiary/aromatic N) is 5. The molecule has 2 N–H and O–H groups in total. The summed E-state index contributed by atoms with van der Waals surface area (Å²) in [6, 6.07) is 12.4. The number of hydrazine groups is 1. The molecule has 2 amide bonds. The second-order valence-electron chi connectivity index (χ2n) is 6.81. The van der Waals surface area contributed by atoms with E-state index in [0.29, 0.717) is 23.3 Å². The fourth-order valence-electron chi connectivity index (χ4n) is 2.93. The molecular weight excluding hydrogens is 462 g/mol. The van der Waals surface area contributed by atoms with Crippen molar-refractivity contribution < 1.29 is 18.9 Å². The summed E-state index contributed by atoms with van der Waals surface area (Å²) in [7, 11) is 0. The van der Waals surface area contributed by atoms with E-state index in [4.69, 9.17) is 4.42 Å². The minimum absolute atomic E-state index is 0.0430. The molecule has 0 aliphatic rings. The molecule has 0 spiro atoms. The Morgan fingerprint density at radius 2 is 2.00 bits per heavy atom. The Balaban J connectivity index is 1.40. The van der Waals surface area contributed by atoms with Crippen molar-refractivity contribution >= 4 is 29.3 Å². The molecule has 0 saturated carbocycles. The molecule has 0 unspecified atom stereocenters. The van der Waals surface area contributed by atoms with E-state index in [9.17, 15) is 19.7 Å². The van der Waals surface area contributed by atoms with Crippen LogP contribution in [-0.2, 0) is 11.3 Å². The van der Waals surface area contributed by atoms with E-state index >= 15 is 0 Å². The summed E-state index contributed by atoms with van der Waals surface area (Å²) in [4.78, 5) is 38.8. The molecule has 4 rings (SSSR count). The normalized spacial score (nSPS) is 10.6. The second-order valence-corrected chi connectivity index (χ2v) is 7.75. The number of non-ortho nitro benzene ring substituents is 1. The number of furan rings is 1. The number of rotatable bonds is 8. The molecule has 1 aromatic carbocycles. The molecule has 0 aliphatic carbocycles. The lowest BCUT2D eigenvalue weighted by atomic mass is 10.2. The van der Waals surface area contributed by atoms with E-state index in [2.05, 4.69) is 26.0 Å². The zero-order chi connectivity index (χ0) is 23.9. The van der Waals surface area contributed by atoms with E-state index in [1.54, 1.807) is 35.4 Å². The number of carbonyl (C=O) groups excluding carboxylic acids is 2. The van der Waals surface area contributed by atoms with Gasteiger partial charge in [-0.2, -0.15) is 0 Å². The van der Waals surface area contributed by atoms with Gasteiger partial charge in [0.05, 0.1) is 23.5 Å². The Kier molecular flexibility index (Phi) is 6.93. The molecule has 4 aromatic rings. The lowest BCUT2D eigenvalue weighted by Crippen LogP contribution is -2.42. The lowest BCUT2D eigenvalue weighted by Gasteiger charge is -2.09. The van der Waals surface area contributed by atoms with Crippen molar-refractivity contribution in [2.45, 2.75) is 11.7 Å². The molecule has 13 heteroatoms. The summed E-state index contributed by atoms with van der Waals surface area (Å²) in [5.41, 5.74) is 5.10. The van der Waals surface area contributed by atoms with Crippen LogP contribution in [0.3, 0.4) is 0 Å². The second kappa shape index (κ2) is 10.4. The van der Waals surface area contributed by atoms with Gasteiger partial charge in [-0.25, -0.2) is 0 Å². The summed E-state index contributed by atoms with van der Waals surface area (Å²) < 4.78 is 7.24. The summed E-state index contributed by atoms with van der Waals surface area (Å²) in [6.45, 7) is 0.345. The van der Waals surface area contributed by atoms with Gasteiger partial charge in [0.25, 0.3) is 11.6 Å². The fourth-order valence-corrected chi connectivity index (χ4v) is 3.67. The predicted octanol–water partition coefficient (Wildman–Crippen LogP) is 2.44. The van der Waals surface area contributed by atoms with Crippen LogP contribution in [0.25, 0.3) is 11.4 Å². The maximum Gasteiger partial charge on any atom is 0.270 e. The smallest absolute Gasteiger partial charge is 0.270 e. The zero-order valence-corrected chi connectivity index (χ0v) is 18.3. The molecule has 3 aromatic heterocycles. The minimum Gasteiger partial charge on any atom is -0.467 e. The first kappa shape index (κ1) is 22.7. The number of nitro benzene ring substituents is 1. The summed E-state index contributed by atoms with van der Waals surface area (Å²) in [6.07, 6.45) is 4.87. The Morgan fingerprint density at radius 1 is 1.12 bits per heavy atom. The van der Waals surface area contributed by atoms with Gasteiger partial charge < -0.3 is 4.42 Å². The molecule has 0 atom stereocenters. The number of nitrogens with one attached hydrogen (secondary N) is 2. The Hall–Kier alpha value is -4.52. The molecule has 172 valence electrons. The van der Waals surface area contributed by atoms with Gasteiger partial charge in [-0.3, -0.25) is 40.1 Å². The standard InChI is InChI=1S/C21H17N7O5S/c29-18(23-25-20(30)14-4-1-6-16(10-14)28(31)32)13-34-21-26-24-19(15-5-2-8-22-11-15)27(21)12-17-7-3-9-33-17/h1-11H,12-13H2,(H,23,29)(H,25,30). The highest BCUT2D eigenvalue weighted by Crippen LogP contribution is 2.24.